The minimum atomic E-state index is -0.882. The Balaban J connectivity index is 2.32. The highest BCUT2D eigenvalue weighted by Crippen LogP contribution is 2.27. The lowest BCUT2D eigenvalue weighted by Gasteiger charge is -2.37. The molecule has 19 heavy (non-hydrogen) atoms. The number of aliphatic carboxylic acids is 1. The van der Waals surface area contributed by atoms with Crippen molar-refractivity contribution in [1.82, 2.24) is 0 Å². The van der Waals surface area contributed by atoms with Crippen molar-refractivity contribution in [3.8, 4) is 6.07 Å². The number of carboxylic acids is 1. The highest BCUT2D eigenvalue weighted by Gasteiger charge is 2.27. The predicted molar refractivity (Wildman–Crippen MR) is 70.4 cm³/mol. The van der Waals surface area contributed by atoms with E-state index in [1.54, 1.807) is 18.2 Å². The fraction of sp³-hybridized carbons (Fsp3) is 0.385. The van der Waals surface area contributed by atoms with E-state index in [2.05, 4.69) is 6.07 Å². The van der Waals surface area contributed by atoms with E-state index in [0.29, 0.717) is 36.0 Å². The fourth-order valence-electron chi connectivity index (χ4n) is 2.19. The summed E-state index contributed by atoms with van der Waals surface area (Å²) >= 11 is 5.87. The molecule has 5 nitrogen and oxygen atoms in total. The number of nitriles is 1. The lowest BCUT2D eigenvalue weighted by molar-refractivity contribution is -0.138. The Morgan fingerprint density at radius 3 is 3.11 bits per heavy atom. The highest BCUT2D eigenvalue weighted by molar-refractivity contribution is 6.30. The number of anilines is 1. The Morgan fingerprint density at radius 1 is 1.63 bits per heavy atom. The number of benzene rings is 1. The Bertz CT molecular complexity index is 527. The fourth-order valence-corrected chi connectivity index (χ4v) is 2.36. The topological polar surface area (TPSA) is 73.6 Å². The van der Waals surface area contributed by atoms with Gasteiger partial charge in [0.15, 0.2) is 0 Å². The molecular formula is C13H13ClN2O3. The van der Waals surface area contributed by atoms with Crippen molar-refractivity contribution in [2.75, 3.05) is 24.7 Å². The van der Waals surface area contributed by atoms with Gasteiger partial charge < -0.3 is 14.7 Å². The number of morpholine rings is 1. The van der Waals surface area contributed by atoms with Gasteiger partial charge in [-0.25, -0.2) is 0 Å². The maximum atomic E-state index is 10.9. The molecule has 1 aromatic rings. The molecule has 0 aliphatic carbocycles. The van der Waals surface area contributed by atoms with Crippen LogP contribution in [0.4, 0.5) is 5.69 Å². The van der Waals surface area contributed by atoms with E-state index in [1.807, 2.05) is 4.90 Å². The summed E-state index contributed by atoms with van der Waals surface area (Å²) in [7, 11) is 0. The maximum Gasteiger partial charge on any atom is 0.305 e. The normalized spacial score (nSPS) is 18.9. The van der Waals surface area contributed by atoms with E-state index in [4.69, 9.17) is 26.7 Å². The van der Waals surface area contributed by atoms with Crippen LogP contribution in [-0.4, -0.2) is 36.9 Å². The predicted octanol–water partition coefficient (Wildman–Crippen LogP) is 1.89. The van der Waals surface area contributed by atoms with Crippen LogP contribution < -0.4 is 4.90 Å². The van der Waals surface area contributed by atoms with Crippen LogP contribution in [-0.2, 0) is 9.53 Å². The molecule has 0 spiro atoms. The standard InChI is InChI=1S/C13H13ClN2O3/c14-10-1-2-12(9(5-10)7-15)16-3-4-19-8-11(16)6-13(17)18/h1-2,5,11H,3-4,6,8H2,(H,17,18). The first-order valence-corrected chi connectivity index (χ1v) is 6.25. The third-order valence-corrected chi connectivity index (χ3v) is 3.26. The third-order valence-electron chi connectivity index (χ3n) is 3.03. The largest absolute Gasteiger partial charge is 0.481 e. The van der Waals surface area contributed by atoms with Crippen LogP contribution in [0.15, 0.2) is 18.2 Å². The van der Waals surface area contributed by atoms with Gasteiger partial charge in [0.1, 0.15) is 6.07 Å². The number of nitrogens with zero attached hydrogens (tertiary/aromatic N) is 2. The number of carboxylic acid groups (broad SMARTS) is 1. The van der Waals surface area contributed by atoms with E-state index in [-0.39, 0.29) is 12.5 Å². The van der Waals surface area contributed by atoms with Crippen molar-refractivity contribution in [2.24, 2.45) is 0 Å². The summed E-state index contributed by atoms with van der Waals surface area (Å²) in [5.41, 5.74) is 1.16. The second-order valence-corrected chi connectivity index (χ2v) is 4.73. The van der Waals surface area contributed by atoms with Crippen molar-refractivity contribution in [2.45, 2.75) is 12.5 Å². The first kappa shape index (κ1) is 13.7. The number of halogens is 1. The summed E-state index contributed by atoms with van der Waals surface area (Å²) in [5, 5.41) is 18.6. The first-order valence-electron chi connectivity index (χ1n) is 5.87. The van der Waals surface area contributed by atoms with Crippen LogP contribution in [0.5, 0.6) is 0 Å². The second-order valence-electron chi connectivity index (χ2n) is 4.29. The molecule has 1 atom stereocenters. The van der Waals surface area contributed by atoms with E-state index < -0.39 is 5.97 Å². The zero-order valence-corrected chi connectivity index (χ0v) is 10.9. The molecule has 0 radical (unpaired) electrons. The zero-order chi connectivity index (χ0) is 13.8. The van der Waals surface area contributed by atoms with Gasteiger partial charge >= 0.3 is 5.97 Å². The third kappa shape index (κ3) is 3.16. The summed E-state index contributed by atoms with van der Waals surface area (Å²) in [4.78, 5) is 12.8. The smallest absolute Gasteiger partial charge is 0.305 e. The maximum absolute atomic E-state index is 10.9. The quantitative estimate of drug-likeness (QED) is 0.915. The number of hydrogen-bond acceptors (Lipinski definition) is 4. The first-order chi connectivity index (χ1) is 9.11. The molecule has 0 amide bonds. The van der Waals surface area contributed by atoms with Crippen LogP contribution in [0.1, 0.15) is 12.0 Å². The minimum absolute atomic E-state index is 0.0203. The number of hydrogen-bond donors (Lipinski definition) is 1. The average molecular weight is 281 g/mol. The van der Waals surface area contributed by atoms with E-state index in [0.717, 1.165) is 0 Å². The van der Waals surface area contributed by atoms with Gasteiger partial charge in [0, 0.05) is 11.6 Å². The number of ether oxygens (including phenoxy) is 1. The van der Waals surface area contributed by atoms with Gasteiger partial charge in [0.05, 0.1) is 36.9 Å². The molecule has 1 aromatic carbocycles. The minimum Gasteiger partial charge on any atom is -0.481 e. The van der Waals surface area contributed by atoms with Gasteiger partial charge in [-0.1, -0.05) is 11.6 Å². The second kappa shape index (κ2) is 5.91. The monoisotopic (exact) mass is 280 g/mol. The summed E-state index contributed by atoms with van der Waals surface area (Å²) < 4.78 is 5.32. The molecular weight excluding hydrogens is 268 g/mol. The van der Waals surface area contributed by atoms with E-state index in [9.17, 15) is 4.79 Å². The van der Waals surface area contributed by atoms with Crippen LogP contribution in [0.2, 0.25) is 5.02 Å². The van der Waals surface area contributed by atoms with Crippen molar-refractivity contribution >= 4 is 23.3 Å². The summed E-state index contributed by atoms with van der Waals surface area (Å²) in [6, 6.07) is 6.87. The SMILES string of the molecule is N#Cc1cc(Cl)ccc1N1CCOCC1CC(=O)O. The Labute approximate surface area is 116 Å². The van der Waals surface area contributed by atoms with E-state index >= 15 is 0 Å². The van der Waals surface area contributed by atoms with Crippen molar-refractivity contribution in [3.63, 3.8) is 0 Å². The van der Waals surface area contributed by atoms with Crippen molar-refractivity contribution in [1.29, 1.82) is 5.26 Å². The average Bonchev–Trinajstić information content (AvgIpc) is 2.39. The summed E-state index contributed by atoms with van der Waals surface area (Å²) in [6.45, 7) is 1.43. The lowest BCUT2D eigenvalue weighted by atomic mass is 10.1. The summed E-state index contributed by atoms with van der Waals surface area (Å²) in [6.07, 6.45) is -0.0203. The number of carbonyl (C=O) groups is 1. The highest BCUT2D eigenvalue weighted by atomic mass is 35.5. The van der Waals surface area contributed by atoms with Gasteiger partial charge in [0.25, 0.3) is 0 Å². The molecule has 0 bridgehead atoms. The van der Waals surface area contributed by atoms with Gasteiger partial charge in [0.2, 0.25) is 0 Å². The van der Waals surface area contributed by atoms with Gasteiger partial charge in [-0.3, -0.25) is 4.79 Å². The molecule has 1 unspecified atom stereocenters. The molecule has 1 aliphatic rings. The van der Waals surface area contributed by atoms with Crippen molar-refractivity contribution in [3.05, 3.63) is 28.8 Å². The molecule has 0 saturated carbocycles. The molecule has 1 N–H and O–H groups in total. The molecule has 0 aromatic heterocycles. The Kier molecular flexibility index (Phi) is 4.25. The molecule has 1 heterocycles. The number of rotatable bonds is 3. The zero-order valence-electron chi connectivity index (χ0n) is 10.2. The molecule has 1 fully saturated rings. The molecule has 2 rings (SSSR count). The molecule has 1 saturated heterocycles. The van der Waals surface area contributed by atoms with Crippen LogP contribution >= 0.6 is 11.6 Å². The van der Waals surface area contributed by atoms with Crippen LogP contribution in [0.3, 0.4) is 0 Å². The van der Waals surface area contributed by atoms with E-state index in [1.165, 1.54) is 0 Å². The van der Waals surface area contributed by atoms with Gasteiger partial charge in [-0.05, 0) is 18.2 Å². The molecule has 6 heteroatoms. The van der Waals surface area contributed by atoms with Crippen LogP contribution in [0.25, 0.3) is 0 Å². The van der Waals surface area contributed by atoms with Crippen molar-refractivity contribution < 1.29 is 14.6 Å². The summed E-state index contributed by atoms with van der Waals surface area (Å²) in [5.74, 6) is -0.882. The van der Waals surface area contributed by atoms with Gasteiger partial charge in [-0.2, -0.15) is 5.26 Å². The van der Waals surface area contributed by atoms with Crippen LogP contribution in [0, 0.1) is 11.3 Å². The Morgan fingerprint density at radius 2 is 2.42 bits per heavy atom. The molecule has 1 aliphatic heterocycles. The molecule has 100 valence electrons. The van der Waals surface area contributed by atoms with Gasteiger partial charge in [-0.15, -0.1) is 0 Å². The Hall–Kier alpha value is -1.77. The lowest BCUT2D eigenvalue weighted by Crippen LogP contribution is -2.47.